The Balaban J connectivity index is 1.75. The molecule has 0 saturated heterocycles. The van der Waals surface area contributed by atoms with Crippen LogP contribution in [-0.4, -0.2) is 40.8 Å². The van der Waals surface area contributed by atoms with Crippen molar-refractivity contribution in [2.75, 3.05) is 13.2 Å². The predicted octanol–water partition coefficient (Wildman–Crippen LogP) is 2.94. The van der Waals surface area contributed by atoms with E-state index in [-0.39, 0.29) is 47.9 Å². The zero-order valence-corrected chi connectivity index (χ0v) is 14.9. The fraction of sp³-hybridized carbons (Fsp3) is 0.211. The molecule has 0 N–H and O–H groups in total. The van der Waals surface area contributed by atoms with Crippen molar-refractivity contribution in [3.05, 3.63) is 63.7 Å². The fourth-order valence-corrected chi connectivity index (χ4v) is 2.69. The molecule has 2 aromatic carbocycles. The summed E-state index contributed by atoms with van der Waals surface area (Å²) in [6.45, 7) is 1.53. The molecule has 0 spiro atoms. The van der Waals surface area contributed by atoms with Gasteiger partial charge in [0.15, 0.2) is 0 Å². The van der Waals surface area contributed by atoms with Crippen molar-refractivity contribution in [3.63, 3.8) is 0 Å². The Morgan fingerprint density at radius 3 is 2.50 bits per heavy atom. The van der Waals surface area contributed by atoms with E-state index >= 15 is 0 Å². The Morgan fingerprint density at radius 2 is 1.79 bits per heavy atom. The lowest BCUT2D eigenvalue weighted by atomic mass is 10.1. The van der Waals surface area contributed by atoms with Crippen LogP contribution < -0.4 is 4.74 Å². The molecule has 28 heavy (non-hydrogen) atoms. The van der Waals surface area contributed by atoms with Gasteiger partial charge < -0.3 is 9.47 Å². The van der Waals surface area contributed by atoms with Gasteiger partial charge in [0.05, 0.1) is 28.7 Å². The van der Waals surface area contributed by atoms with Gasteiger partial charge in [0.25, 0.3) is 17.5 Å². The molecular weight excluding hydrogens is 368 g/mol. The number of carbonyl (C=O) groups is 3. The van der Waals surface area contributed by atoms with Crippen LogP contribution in [-0.2, 0) is 9.53 Å². The Hall–Kier alpha value is -3.75. The van der Waals surface area contributed by atoms with E-state index in [0.717, 1.165) is 4.90 Å². The lowest BCUT2D eigenvalue weighted by molar-refractivity contribution is -0.384. The molecule has 0 aromatic heterocycles. The molecule has 9 nitrogen and oxygen atoms in total. The van der Waals surface area contributed by atoms with E-state index in [4.69, 9.17) is 9.47 Å². The predicted molar refractivity (Wildman–Crippen MR) is 96.2 cm³/mol. The summed E-state index contributed by atoms with van der Waals surface area (Å²) in [6.07, 6.45) is 0.209. The number of amides is 2. The van der Waals surface area contributed by atoms with Crippen molar-refractivity contribution < 1.29 is 28.8 Å². The van der Waals surface area contributed by atoms with Gasteiger partial charge in [-0.15, -0.1) is 0 Å². The Morgan fingerprint density at radius 1 is 1.07 bits per heavy atom. The van der Waals surface area contributed by atoms with E-state index in [0.29, 0.717) is 0 Å². The summed E-state index contributed by atoms with van der Waals surface area (Å²) in [6, 6.07) is 9.99. The largest absolute Gasteiger partial charge is 0.464 e. The lowest BCUT2D eigenvalue weighted by Crippen LogP contribution is -2.33. The average molecular weight is 384 g/mol. The average Bonchev–Trinajstić information content (AvgIpc) is 2.92. The number of rotatable bonds is 7. The van der Waals surface area contributed by atoms with E-state index in [2.05, 4.69) is 0 Å². The second kappa shape index (κ2) is 7.87. The highest BCUT2D eigenvalue weighted by molar-refractivity contribution is 6.21. The number of hydrogen-bond acceptors (Lipinski definition) is 7. The minimum Gasteiger partial charge on any atom is -0.464 e. The Bertz CT molecular complexity index is 971. The Labute approximate surface area is 159 Å². The van der Waals surface area contributed by atoms with E-state index in [1.54, 1.807) is 13.0 Å². The summed E-state index contributed by atoms with van der Waals surface area (Å²) in [5.74, 6) is -0.912. The number of nitro groups is 1. The molecule has 1 aliphatic rings. The van der Waals surface area contributed by atoms with Crippen LogP contribution in [0.4, 0.5) is 5.69 Å². The summed E-state index contributed by atoms with van der Waals surface area (Å²) in [5.41, 5.74) is 0.255. The van der Waals surface area contributed by atoms with Gasteiger partial charge in [-0.25, -0.2) is 0 Å². The van der Waals surface area contributed by atoms with Gasteiger partial charge >= 0.3 is 5.97 Å². The number of esters is 1. The van der Waals surface area contributed by atoms with Gasteiger partial charge in [-0.05, 0) is 24.3 Å². The second-order valence-corrected chi connectivity index (χ2v) is 5.90. The first-order valence-electron chi connectivity index (χ1n) is 8.49. The van der Waals surface area contributed by atoms with Gasteiger partial charge in [-0.3, -0.25) is 29.4 Å². The van der Waals surface area contributed by atoms with Crippen LogP contribution in [0.3, 0.4) is 0 Å². The summed E-state index contributed by atoms with van der Waals surface area (Å²) in [7, 11) is 0. The van der Waals surface area contributed by atoms with Crippen LogP contribution in [0.15, 0.2) is 42.5 Å². The van der Waals surface area contributed by atoms with Gasteiger partial charge in [0.2, 0.25) is 0 Å². The summed E-state index contributed by atoms with van der Waals surface area (Å²) in [4.78, 5) is 47.4. The zero-order chi connectivity index (χ0) is 20.3. The summed E-state index contributed by atoms with van der Waals surface area (Å²) < 4.78 is 10.5. The SMILES string of the molecule is CCC(=O)OCCN1C(=O)c2ccc(Oc3cccc([N+](=O)[O-])c3)cc2C1=O. The first-order valence-corrected chi connectivity index (χ1v) is 8.49. The van der Waals surface area contributed by atoms with Crippen LogP contribution in [0.1, 0.15) is 34.1 Å². The van der Waals surface area contributed by atoms with Crippen molar-refractivity contribution in [3.8, 4) is 11.5 Å². The highest BCUT2D eigenvalue weighted by atomic mass is 16.6. The number of nitro benzene ring substituents is 1. The molecule has 0 bridgehead atoms. The fourth-order valence-electron chi connectivity index (χ4n) is 2.69. The lowest BCUT2D eigenvalue weighted by Gasteiger charge is -2.13. The molecule has 3 rings (SSSR count). The van der Waals surface area contributed by atoms with Gasteiger partial charge in [-0.2, -0.15) is 0 Å². The molecule has 1 aliphatic heterocycles. The number of imide groups is 1. The number of benzene rings is 2. The van der Waals surface area contributed by atoms with Crippen LogP contribution >= 0.6 is 0 Å². The van der Waals surface area contributed by atoms with Crippen molar-refractivity contribution >= 4 is 23.5 Å². The van der Waals surface area contributed by atoms with Crippen LogP contribution in [0.2, 0.25) is 0 Å². The van der Waals surface area contributed by atoms with E-state index in [9.17, 15) is 24.5 Å². The molecule has 0 atom stereocenters. The minimum atomic E-state index is -0.541. The smallest absolute Gasteiger partial charge is 0.305 e. The van der Waals surface area contributed by atoms with Crippen molar-refractivity contribution in [1.82, 2.24) is 4.90 Å². The number of nitrogens with zero attached hydrogens (tertiary/aromatic N) is 2. The third-order valence-electron chi connectivity index (χ3n) is 4.07. The molecule has 2 aromatic rings. The van der Waals surface area contributed by atoms with Gasteiger partial charge in [-0.1, -0.05) is 13.0 Å². The minimum absolute atomic E-state index is 0.0425. The third kappa shape index (κ3) is 3.83. The molecule has 0 fully saturated rings. The highest BCUT2D eigenvalue weighted by Crippen LogP contribution is 2.30. The maximum absolute atomic E-state index is 12.5. The number of non-ortho nitro benzene ring substituents is 1. The molecule has 2 amide bonds. The topological polar surface area (TPSA) is 116 Å². The first-order chi connectivity index (χ1) is 13.4. The molecule has 144 valence electrons. The third-order valence-corrected chi connectivity index (χ3v) is 4.07. The van der Waals surface area contributed by atoms with E-state index < -0.39 is 22.7 Å². The molecule has 0 saturated carbocycles. The monoisotopic (exact) mass is 384 g/mol. The van der Waals surface area contributed by atoms with Crippen molar-refractivity contribution in [1.29, 1.82) is 0 Å². The Kier molecular flexibility index (Phi) is 5.35. The van der Waals surface area contributed by atoms with Crippen LogP contribution in [0.5, 0.6) is 11.5 Å². The van der Waals surface area contributed by atoms with Crippen molar-refractivity contribution in [2.24, 2.45) is 0 Å². The number of fused-ring (bicyclic) bond motifs is 1. The van der Waals surface area contributed by atoms with Gasteiger partial charge in [0.1, 0.15) is 18.1 Å². The second-order valence-electron chi connectivity index (χ2n) is 5.90. The molecule has 0 radical (unpaired) electrons. The first kappa shape index (κ1) is 19.0. The van der Waals surface area contributed by atoms with E-state index in [1.807, 2.05) is 0 Å². The zero-order valence-electron chi connectivity index (χ0n) is 14.9. The molecular formula is C19H16N2O7. The number of ether oxygens (including phenoxy) is 2. The maximum Gasteiger partial charge on any atom is 0.305 e. The normalized spacial score (nSPS) is 12.7. The summed E-state index contributed by atoms with van der Waals surface area (Å²) in [5, 5.41) is 10.9. The number of carbonyl (C=O) groups excluding carboxylic acids is 3. The van der Waals surface area contributed by atoms with Crippen molar-refractivity contribution in [2.45, 2.75) is 13.3 Å². The summed E-state index contributed by atoms with van der Waals surface area (Å²) >= 11 is 0. The highest BCUT2D eigenvalue weighted by Gasteiger charge is 2.35. The molecule has 9 heteroatoms. The van der Waals surface area contributed by atoms with E-state index in [1.165, 1.54) is 36.4 Å². The van der Waals surface area contributed by atoms with Crippen LogP contribution in [0.25, 0.3) is 0 Å². The molecule has 0 aliphatic carbocycles. The quantitative estimate of drug-likeness (QED) is 0.312. The number of hydrogen-bond donors (Lipinski definition) is 0. The maximum atomic E-state index is 12.5. The standard InChI is InChI=1S/C19H16N2O7/c1-2-17(22)27-9-8-20-18(23)15-7-6-14(11-16(15)19(20)24)28-13-5-3-4-12(10-13)21(25)26/h3-7,10-11H,2,8-9H2,1H3. The molecule has 1 heterocycles. The van der Waals surface area contributed by atoms with Crippen LogP contribution in [0, 0.1) is 10.1 Å². The molecule has 0 unspecified atom stereocenters. The van der Waals surface area contributed by atoms with Gasteiger partial charge in [0, 0.05) is 12.5 Å².